The molecule has 2 N–H and O–H groups in total. The van der Waals surface area contributed by atoms with E-state index >= 15 is 0 Å². The number of carbonyl (C=O) groups is 2. The maximum absolute atomic E-state index is 13.4. The van der Waals surface area contributed by atoms with Crippen LogP contribution < -0.4 is 10.6 Å². The number of carbonyl (C=O) groups excluding carboxylic acids is 2. The van der Waals surface area contributed by atoms with Crippen LogP contribution in [0.1, 0.15) is 26.5 Å². The van der Waals surface area contributed by atoms with Gasteiger partial charge in [-0.25, -0.2) is 4.39 Å². The predicted octanol–water partition coefficient (Wildman–Crippen LogP) is 2.44. The van der Waals surface area contributed by atoms with Gasteiger partial charge in [0.2, 0.25) is 0 Å². The highest BCUT2D eigenvalue weighted by Gasteiger charge is 2.10. The van der Waals surface area contributed by atoms with Crippen LogP contribution in [0.15, 0.2) is 41.8 Å². The lowest BCUT2D eigenvalue weighted by molar-refractivity contribution is 0.0949. The molecule has 0 spiro atoms. The average molecular weight is 306 g/mol. The van der Waals surface area contributed by atoms with E-state index in [9.17, 15) is 14.0 Å². The van der Waals surface area contributed by atoms with E-state index < -0.39 is 11.7 Å². The molecule has 4 nitrogen and oxygen atoms in total. The molecule has 0 aliphatic rings. The van der Waals surface area contributed by atoms with Crippen molar-refractivity contribution in [2.75, 3.05) is 13.1 Å². The Bertz CT molecular complexity index is 614. The maximum Gasteiger partial charge on any atom is 0.261 e. The number of thiophene rings is 1. The molecule has 0 saturated heterocycles. The molecule has 2 amide bonds. The summed E-state index contributed by atoms with van der Waals surface area (Å²) in [5.41, 5.74) is 0.0279. The molecule has 21 heavy (non-hydrogen) atoms. The van der Waals surface area contributed by atoms with Crippen molar-refractivity contribution in [3.63, 3.8) is 0 Å². The minimum absolute atomic E-state index is 0.0279. The number of hydrogen-bond donors (Lipinski definition) is 2. The molecule has 1 heterocycles. The van der Waals surface area contributed by atoms with Crippen molar-refractivity contribution in [2.45, 2.75) is 6.42 Å². The van der Waals surface area contributed by atoms with Crippen molar-refractivity contribution in [2.24, 2.45) is 0 Å². The van der Waals surface area contributed by atoms with Crippen LogP contribution in [0.25, 0.3) is 0 Å². The molecular formula is C15H15FN2O2S. The van der Waals surface area contributed by atoms with Gasteiger partial charge in [0.1, 0.15) is 5.82 Å². The topological polar surface area (TPSA) is 58.2 Å². The normalized spacial score (nSPS) is 10.1. The lowest BCUT2D eigenvalue weighted by Crippen LogP contribution is -2.30. The Morgan fingerprint density at radius 3 is 2.38 bits per heavy atom. The number of amides is 2. The van der Waals surface area contributed by atoms with Gasteiger partial charge in [-0.05, 0) is 30.0 Å². The summed E-state index contributed by atoms with van der Waals surface area (Å²) in [6.07, 6.45) is 0.581. The fourth-order valence-electron chi connectivity index (χ4n) is 1.73. The largest absolute Gasteiger partial charge is 0.352 e. The molecule has 6 heteroatoms. The second-order valence-corrected chi connectivity index (χ2v) is 5.27. The molecule has 0 bridgehead atoms. The zero-order chi connectivity index (χ0) is 15.1. The standard InChI is InChI=1S/C15H15FN2O2S/c16-12-6-2-1-5-11(12)14(19)17-8-4-9-18-15(20)13-7-3-10-21-13/h1-3,5-7,10H,4,8-9H2,(H,17,19)(H,18,20). The van der Waals surface area contributed by atoms with E-state index in [0.29, 0.717) is 24.4 Å². The van der Waals surface area contributed by atoms with Crippen LogP contribution in [0, 0.1) is 5.82 Å². The number of halogens is 1. The minimum atomic E-state index is -0.541. The lowest BCUT2D eigenvalue weighted by atomic mass is 10.2. The van der Waals surface area contributed by atoms with Gasteiger partial charge in [-0.1, -0.05) is 18.2 Å². The molecule has 0 radical (unpaired) electrons. The zero-order valence-corrected chi connectivity index (χ0v) is 12.1. The van der Waals surface area contributed by atoms with Gasteiger partial charge in [-0.2, -0.15) is 0 Å². The predicted molar refractivity (Wildman–Crippen MR) is 80.0 cm³/mol. The Hall–Kier alpha value is -2.21. The molecule has 1 aromatic carbocycles. The third kappa shape index (κ3) is 4.39. The molecule has 0 aliphatic carbocycles. The minimum Gasteiger partial charge on any atom is -0.352 e. The monoisotopic (exact) mass is 306 g/mol. The van der Waals surface area contributed by atoms with Crippen molar-refractivity contribution < 1.29 is 14.0 Å². The first-order valence-electron chi connectivity index (χ1n) is 6.53. The van der Waals surface area contributed by atoms with Crippen LogP contribution in [0.2, 0.25) is 0 Å². The number of nitrogens with one attached hydrogen (secondary N) is 2. The van der Waals surface area contributed by atoms with Gasteiger partial charge in [-0.3, -0.25) is 9.59 Å². The van der Waals surface area contributed by atoms with Crippen LogP contribution in [-0.4, -0.2) is 24.9 Å². The van der Waals surface area contributed by atoms with E-state index in [2.05, 4.69) is 10.6 Å². The van der Waals surface area contributed by atoms with E-state index in [-0.39, 0.29) is 11.5 Å². The van der Waals surface area contributed by atoms with Gasteiger partial charge in [0.05, 0.1) is 10.4 Å². The number of hydrogen-bond acceptors (Lipinski definition) is 3. The molecule has 0 saturated carbocycles. The Labute approximate surface area is 126 Å². The van der Waals surface area contributed by atoms with Crippen molar-refractivity contribution in [3.8, 4) is 0 Å². The van der Waals surface area contributed by atoms with Gasteiger partial charge >= 0.3 is 0 Å². The zero-order valence-electron chi connectivity index (χ0n) is 11.3. The highest BCUT2D eigenvalue weighted by Crippen LogP contribution is 2.07. The van der Waals surface area contributed by atoms with Gasteiger partial charge in [0.25, 0.3) is 11.8 Å². The van der Waals surface area contributed by atoms with Crippen molar-refractivity contribution in [1.29, 1.82) is 0 Å². The lowest BCUT2D eigenvalue weighted by Gasteiger charge is -2.06. The fraction of sp³-hybridized carbons (Fsp3) is 0.200. The van der Waals surface area contributed by atoms with Crippen molar-refractivity contribution >= 4 is 23.2 Å². The van der Waals surface area contributed by atoms with Gasteiger partial charge in [-0.15, -0.1) is 11.3 Å². The molecule has 2 aromatic rings. The third-order valence-corrected chi connectivity index (χ3v) is 3.66. The highest BCUT2D eigenvalue weighted by molar-refractivity contribution is 7.12. The summed E-state index contributed by atoms with van der Waals surface area (Å²) >= 11 is 1.38. The fourth-order valence-corrected chi connectivity index (χ4v) is 2.37. The number of benzene rings is 1. The molecule has 0 atom stereocenters. The summed E-state index contributed by atoms with van der Waals surface area (Å²) in [6.45, 7) is 0.826. The molecule has 0 unspecified atom stereocenters. The summed E-state index contributed by atoms with van der Waals surface area (Å²) in [4.78, 5) is 24.0. The van der Waals surface area contributed by atoms with Crippen LogP contribution in [0.5, 0.6) is 0 Å². The molecule has 110 valence electrons. The van der Waals surface area contributed by atoms with E-state index in [1.807, 2.05) is 11.4 Å². The quantitative estimate of drug-likeness (QED) is 0.805. The summed E-state index contributed by atoms with van der Waals surface area (Å²) < 4.78 is 13.4. The average Bonchev–Trinajstić information content (AvgIpc) is 3.01. The second-order valence-electron chi connectivity index (χ2n) is 4.32. The van der Waals surface area contributed by atoms with Crippen molar-refractivity contribution in [3.05, 3.63) is 58.0 Å². The first-order chi connectivity index (χ1) is 10.2. The SMILES string of the molecule is O=C(NCCCNC(=O)c1ccccc1F)c1cccs1. The van der Waals surface area contributed by atoms with Gasteiger partial charge in [0, 0.05) is 13.1 Å². The molecule has 1 aromatic heterocycles. The Morgan fingerprint density at radius 1 is 1.00 bits per heavy atom. The third-order valence-electron chi connectivity index (χ3n) is 2.79. The maximum atomic E-state index is 13.4. The molecular weight excluding hydrogens is 291 g/mol. The number of rotatable bonds is 6. The molecule has 0 aliphatic heterocycles. The van der Waals surface area contributed by atoms with Gasteiger partial charge < -0.3 is 10.6 Å². The van der Waals surface area contributed by atoms with E-state index in [0.717, 1.165) is 0 Å². The second kappa shape index (κ2) is 7.54. The van der Waals surface area contributed by atoms with E-state index in [1.54, 1.807) is 12.1 Å². The summed E-state index contributed by atoms with van der Waals surface area (Å²) in [5.74, 6) is -1.11. The smallest absolute Gasteiger partial charge is 0.261 e. The van der Waals surface area contributed by atoms with Crippen LogP contribution in [0.4, 0.5) is 4.39 Å². The Kier molecular flexibility index (Phi) is 5.45. The summed E-state index contributed by atoms with van der Waals surface area (Å²) in [7, 11) is 0. The van der Waals surface area contributed by atoms with E-state index in [4.69, 9.17) is 0 Å². The Morgan fingerprint density at radius 2 is 1.71 bits per heavy atom. The Balaban J connectivity index is 1.67. The summed E-state index contributed by atoms with van der Waals surface area (Å²) in [5, 5.41) is 7.21. The summed E-state index contributed by atoms with van der Waals surface area (Å²) in [6, 6.07) is 9.39. The first-order valence-corrected chi connectivity index (χ1v) is 7.41. The molecule has 2 rings (SSSR count). The van der Waals surface area contributed by atoms with Gasteiger partial charge in [0.15, 0.2) is 0 Å². The van der Waals surface area contributed by atoms with Crippen molar-refractivity contribution in [1.82, 2.24) is 10.6 Å². The molecule has 0 fully saturated rings. The van der Waals surface area contributed by atoms with Crippen LogP contribution in [-0.2, 0) is 0 Å². The van der Waals surface area contributed by atoms with Crippen LogP contribution >= 0.6 is 11.3 Å². The van der Waals surface area contributed by atoms with Crippen LogP contribution in [0.3, 0.4) is 0 Å². The first kappa shape index (κ1) is 15.2. The highest BCUT2D eigenvalue weighted by atomic mass is 32.1. The van der Waals surface area contributed by atoms with E-state index in [1.165, 1.54) is 29.5 Å².